The van der Waals surface area contributed by atoms with Gasteiger partial charge >= 0.3 is 29.6 Å². The fourth-order valence-corrected chi connectivity index (χ4v) is 3.74. The molecule has 2 rings (SSSR count). The molecular formula is C20H25NaO5S. The standard InChI is InChI=1S/C20H26O5S.Na/c1-2-3-4-5-6-8-11-16-14-17(21)15-19(20(16)26(22,23)24)25-18-12-9-7-10-13-18;/h7,9-10,12-15,21H,2-6,8,11H2,1H3,(H,22,23,24);/q;+1/p-1. The SMILES string of the molecule is CCCCCCCCc1cc([O-])cc(Oc2ccccc2)c1S(=O)(=O)O.[Na+]. The van der Waals surface area contributed by atoms with E-state index in [2.05, 4.69) is 6.92 Å². The number of hydrogen-bond donors (Lipinski definition) is 1. The smallest absolute Gasteiger partial charge is 0.872 e. The van der Waals surface area contributed by atoms with Crippen LogP contribution in [0, 0.1) is 0 Å². The number of unbranched alkanes of at least 4 members (excludes halogenated alkanes) is 5. The zero-order valence-electron chi connectivity index (χ0n) is 16.0. The molecule has 0 spiro atoms. The van der Waals surface area contributed by atoms with Crippen LogP contribution in [0.2, 0.25) is 0 Å². The molecule has 0 bridgehead atoms. The number of aryl methyl sites for hydroxylation is 1. The van der Waals surface area contributed by atoms with Crippen molar-refractivity contribution < 1.29 is 52.4 Å². The molecule has 0 atom stereocenters. The summed E-state index contributed by atoms with van der Waals surface area (Å²) in [5.74, 6) is -0.0787. The Balaban J connectivity index is 0.00000364. The fraction of sp³-hybridized carbons (Fsp3) is 0.400. The van der Waals surface area contributed by atoms with Crippen LogP contribution in [0.3, 0.4) is 0 Å². The largest absolute Gasteiger partial charge is 1.00 e. The van der Waals surface area contributed by atoms with E-state index in [0.717, 1.165) is 38.2 Å². The van der Waals surface area contributed by atoms with Gasteiger partial charge in [-0.25, -0.2) is 0 Å². The minimum Gasteiger partial charge on any atom is -0.872 e. The quantitative estimate of drug-likeness (QED) is 0.373. The van der Waals surface area contributed by atoms with E-state index in [-0.39, 0.29) is 46.0 Å². The maximum atomic E-state index is 12.0. The van der Waals surface area contributed by atoms with Crippen molar-refractivity contribution in [2.75, 3.05) is 0 Å². The number of hydrogen-bond acceptors (Lipinski definition) is 4. The first-order valence-corrected chi connectivity index (χ1v) is 10.4. The molecule has 0 aliphatic carbocycles. The molecule has 0 amide bonds. The fourth-order valence-electron chi connectivity index (χ4n) is 2.90. The zero-order valence-corrected chi connectivity index (χ0v) is 18.8. The Morgan fingerprint density at radius 3 is 2.26 bits per heavy atom. The molecule has 0 saturated heterocycles. The van der Waals surface area contributed by atoms with E-state index in [1.807, 2.05) is 0 Å². The van der Waals surface area contributed by atoms with Gasteiger partial charge in [0, 0.05) is 0 Å². The maximum Gasteiger partial charge on any atom is 1.00 e. The molecule has 142 valence electrons. The van der Waals surface area contributed by atoms with E-state index in [1.54, 1.807) is 30.3 Å². The summed E-state index contributed by atoms with van der Waals surface area (Å²) in [4.78, 5) is -0.311. The van der Waals surface area contributed by atoms with Crippen LogP contribution in [-0.4, -0.2) is 13.0 Å². The van der Waals surface area contributed by atoms with Crippen molar-refractivity contribution in [2.45, 2.75) is 56.8 Å². The Morgan fingerprint density at radius 1 is 1.00 bits per heavy atom. The van der Waals surface area contributed by atoms with Gasteiger partial charge in [0.2, 0.25) is 0 Å². The van der Waals surface area contributed by atoms with E-state index < -0.39 is 10.1 Å². The predicted octanol–water partition coefficient (Wildman–Crippen LogP) is 1.71. The summed E-state index contributed by atoms with van der Waals surface area (Å²) in [5.41, 5.74) is 0.307. The van der Waals surface area contributed by atoms with Crippen molar-refractivity contribution in [3.63, 3.8) is 0 Å². The molecule has 1 N–H and O–H groups in total. The minimum atomic E-state index is -4.52. The second-order valence-corrected chi connectivity index (χ2v) is 7.68. The van der Waals surface area contributed by atoms with Gasteiger partial charge in [-0.3, -0.25) is 4.55 Å². The third-order valence-corrected chi connectivity index (χ3v) is 5.11. The van der Waals surface area contributed by atoms with E-state index in [4.69, 9.17) is 4.74 Å². The molecule has 0 radical (unpaired) electrons. The molecule has 0 fully saturated rings. The van der Waals surface area contributed by atoms with Crippen LogP contribution < -0.4 is 39.4 Å². The van der Waals surface area contributed by atoms with Crippen molar-refractivity contribution in [1.82, 2.24) is 0 Å². The van der Waals surface area contributed by atoms with Crippen LogP contribution in [0.15, 0.2) is 47.4 Å². The summed E-state index contributed by atoms with van der Waals surface area (Å²) in [5, 5.41) is 12.0. The molecule has 0 saturated carbocycles. The van der Waals surface area contributed by atoms with Crippen molar-refractivity contribution in [2.24, 2.45) is 0 Å². The predicted molar refractivity (Wildman–Crippen MR) is 99.3 cm³/mol. The van der Waals surface area contributed by atoms with Gasteiger partial charge < -0.3 is 9.84 Å². The summed E-state index contributed by atoms with van der Waals surface area (Å²) in [6, 6.07) is 10.9. The first kappa shape index (κ1) is 24.0. The van der Waals surface area contributed by atoms with Crippen LogP contribution >= 0.6 is 0 Å². The van der Waals surface area contributed by atoms with E-state index in [1.165, 1.54) is 12.5 Å². The second kappa shape index (κ2) is 11.7. The van der Waals surface area contributed by atoms with Crippen molar-refractivity contribution in [3.05, 3.63) is 48.0 Å². The van der Waals surface area contributed by atoms with Crippen molar-refractivity contribution in [1.29, 1.82) is 0 Å². The van der Waals surface area contributed by atoms with Crippen LogP contribution in [-0.2, 0) is 16.5 Å². The average molecular weight is 400 g/mol. The van der Waals surface area contributed by atoms with Gasteiger partial charge in [0.1, 0.15) is 16.4 Å². The molecular weight excluding hydrogens is 375 g/mol. The molecule has 5 nitrogen and oxygen atoms in total. The first-order valence-electron chi connectivity index (χ1n) is 8.96. The normalized spacial score (nSPS) is 11.0. The molecule has 0 aromatic heterocycles. The number of benzene rings is 2. The summed E-state index contributed by atoms with van der Waals surface area (Å²) < 4.78 is 39.1. The van der Waals surface area contributed by atoms with Gasteiger partial charge in [-0.15, -0.1) is 5.75 Å². The summed E-state index contributed by atoms with van der Waals surface area (Å²) in [6.45, 7) is 2.15. The third-order valence-electron chi connectivity index (χ3n) is 4.13. The molecule has 7 heteroatoms. The third kappa shape index (κ3) is 7.84. The first-order chi connectivity index (χ1) is 12.4. The van der Waals surface area contributed by atoms with Gasteiger partial charge in [0.15, 0.2) is 0 Å². The van der Waals surface area contributed by atoms with E-state index in [0.29, 0.717) is 17.7 Å². The van der Waals surface area contributed by atoms with Gasteiger partial charge in [-0.2, -0.15) is 8.42 Å². The van der Waals surface area contributed by atoms with Crippen LogP contribution in [0.5, 0.6) is 17.2 Å². The second-order valence-electron chi connectivity index (χ2n) is 6.32. The van der Waals surface area contributed by atoms with Gasteiger partial charge in [0.05, 0.1) is 0 Å². The van der Waals surface area contributed by atoms with Gasteiger partial charge in [-0.1, -0.05) is 63.3 Å². The number of ether oxygens (including phenoxy) is 1. The molecule has 2 aromatic carbocycles. The average Bonchev–Trinajstić information content (AvgIpc) is 2.57. The molecule has 0 heterocycles. The number of rotatable bonds is 10. The monoisotopic (exact) mass is 400 g/mol. The molecule has 2 aromatic rings. The summed E-state index contributed by atoms with van der Waals surface area (Å²) in [6.07, 6.45) is 6.66. The molecule has 0 unspecified atom stereocenters. The Kier molecular flexibility index (Phi) is 10.4. The minimum absolute atomic E-state index is 0. The Bertz CT molecular complexity index is 807. The summed E-state index contributed by atoms with van der Waals surface area (Å²) >= 11 is 0. The van der Waals surface area contributed by atoms with Gasteiger partial charge in [-0.05, 0) is 36.6 Å². The molecule has 0 aliphatic rings. The molecule has 27 heavy (non-hydrogen) atoms. The molecule has 0 aliphatic heterocycles. The number of para-hydroxylation sites is 1. The van der Waals surface area contributed by atoms with Crippen LogP contribution in [0.1, 0.15) is 51.0 Å². The maximum absolute atomic E-state index is 12.0. The zero-order chi connectivity index (χ0) is 19.0. The summed E-state index contributed by atoms with van der Waals surface area (Å²) in [7, 11) is -4.52. The Hall–Kier alpha value is -1.05. The van der Waals surface area contributed by atoms with Crippen LogP contribution in [0.25, 0.3) is 0 Å². The van der Waals surface area contributed by atoms with E-state index >= 15 is 0 Å². The van der Waals surface area contributed by atoms with Crippen molar-refractivity contribution >= 4 is 10.1 Å². The van der Waals surface area contributed by atoms with Crippen LogP contribution in [0.4, 0.5) is 0 Å². The Labute approximate surface area is 183 Å². The topological polar surface area (TPSA) is 86.7 Å². The Morgan fingerprint density at radius 2 is 1.63 bits per heavy atom. The van der Waals surface area contributed by atoms with E-state index in [9.17, 15) is 18.1 Å². The van der Waals surface area contributed by atoms with Gasteiger partial charge in [0.25, 0.3) is 10.1 Å². The van der Waals surface area contributed by atoms with Crippen molar-refractivity contribution in [3.8, 4) is 17.2 Å².